The lowest BCUT2D eigenvalue weighted by molar-refractivity contribution is -0.118. The number of H-pyrrole nitrogens is 1. The number of ether oxygens (including phenoxy) is 1. The van der Waals surface area contributed by atoms with Gasteiger partial charge in [0, 0.05) is 27.7 Å². The average Bonchev–Trinajstić information content (AvgIpc) is 3.40. The topological polar surface area (TPSA) is 54.1 Å². The van der Waals surface area contributed by atoms with Crippen molar-refractivity contribution in [2.24, 2.45) is 0 Å². The summed E-state index contributed by atoms with van der Waals surface area (Å²) in [6, 6.07) is 14.6. The zero-order valence-electron chi connectivity index (χ0n) is 17.4. The van der Waals surface area contributed by atoms with Gasteiger partial charge in [-0.3, -0.25) is 4.79 Å². The zero-order valence-corrected chi connectivity index (χ0v) is 17.4. The second-order valence-corrected chi connectivity index (χ2v) is 9.55. The summed E-state index contributed by atoms with van der Waals surface area (Å²) < 4.78 is 5.73. The van der Waals surface area contributed by atoms with Crippen LogP contribution in [0.5, 0.6) is 5.75 Å². The van der Waals surface area contributed by atoms with Crippen molar-refractivity contribution in [3.05, 3.63) is 59.3 Å². The molecule has 2 aromatic carbocycles. The minimum absolute atomic E-state index is 0.0661. The van der Waals surface area contributed by atoms with Crippen LogP contribution in [0, 0.1) is 0 Å². The number of aromatic amines is 1. The quantitative estimate of drug-likeness (QED) is 0.626. The fourth-order valence-corrected chi connectivity index (χ4v) is 4.30. The number of aryl methyl sites for hydroxylation is 1. The number of benzene rings is 2. The van der Waals surface area contributed by atoms with E-state index >= 15 is 0 Å². The number of anilines is 1. The lowest BCUT2D eigenvalue weighted by Gasteiger charge is -2.21. The van der Waals surface area contributed by atoms with Crippen molar-refractivity contribution in [1.82, 2.24) is 4.98 Å². The molecule has 0 saturated heterocycles. The molecular weight excluding hydrogens is 360 g/mol. The summed E-state index contributed by atoms with van der Waals surface area (Å²) in [5, 5.41) is 4.31. The van der Waals surface area contributed by atoms with E-state index in [1.165, 1.54) is 11.3 Å². The van der Waals surface area contributed by atoms with Gasteiger partial charge in [-0.2, -0.15) is 0 Å². The van der Waals surface area contributed by atoms with Crippen molar-refractivity contribution in [3.8, 4) is 5.75 Å². The fraction of sp³-hybridized carbons (Fsp3) is 0.400. The van der Waals surface area contributed by atoms with E-state index < -0.39 is 5.41 Å². The molecule has 0 spiro atoms. The van der Waals surface area contributed by atoms with Gasteiger partial charge in [0.05, 0.1) is 12.0 Å². The van der Waals surface area contributed by atoms with E-state index in [1.807, 2.05) is 12.1 Å². The largest absolute Gasteiger partial charge is 0.493 e. The smallest absolute Gasteiger partial charge is 0.235 e. The Bertz CT molecular complexity index is 1100. The summed E-state index contributed by atoms with van der Waals surface area (Å²) in [4.78, 5) is 16.7. The first-order valence-electron chi connectivity index (χ1n) is 10.6. The Morgan fingerprint density at radius 2 is 1.93 bits per heavy atom. The Hall–Kier alpha value is -2.75. The van der Waals surface area contributed by atoms with Crippen LogP contribution in [0.1, 0.15) is 56.9 Å². The summed E-state index contributed by atoms with van der Waals surface area (Å²) >= 11 is 0. The van der Waals surface area contributed by atoms with Crippen molar-refractivity contribution in [3.63, 3.8) is 0 Å². The van der Waals surface area contributed by atoms with E-state index in [4.69, 9.17) is 4.74 Å². The van der Waals surface area contributed by atoms with Crippen LogP contribution in [-0.4, -0.2) is 17.5 Å². The lowest BCUT2D eigenvalue weighted by Crippen LogP contribution is -2.28. The summed E-state index contributed by atoms with van der Waals surface area (Å²) in [5.41, 5.74) is 5.18. The molecule has 4 nitrogen and oxygen atoms in total. The molecule has 0 atom stereocenters. The van der Waals surface area contributed by atoms with Gasteiger partial charge in [-0.25, -0.2) is 0 Å². The van der Waals surface area contributed by atoms with Gasteiger partial charge in [-0.05, 0) is 67.1 Å². The molecule has 1 aliphatic heterocycles. The maximum atomic E-state index is 13.2. The van der Waals surface area contributed by atoms with Crippen LogP contribution in [-0.2, 0) is 22.0 Å². The number of carbonyl (C=O) groups is 1. The average molecular weight is 389 g/mol. The Morgan fingerprint density at radius 1 is 1.10 bits per heavy atom. The molecule has 1 aliphatic carbocycles. The maximum Gasteiger partial charge on any atom is 0.235 e. The third-order valence-corrected chi connectivity index (χ3v) is 6.33. The molecule has 1 amide bonds. The van der Waals surface area contributed by atoms with Gasteiger partial charge >= 0.3 is 0 Å². The molecule has 0 unspecified atom stereocenters. The standard InChI is InChI=1S/C25H28N2O2/c1-24(2,3)22-15-17-14-19(7-8-20(17)27-22)26-23(28)25(10-11-25)18-6-9-21-16(13-18)5-4-12-29-21/h6-9,13-15,27H,4-5,10-12H2,1-3H3,(H,26,28). The van der Waals surface area contributed by atoms with E-state index in [9.17, 15) is 4.79 Å². The summed E-state index contributed by atoms with van der Waals surface area (Å²) in [5.74, 6) is 1.07. The van der Waals surface area contributed by atoms with Crippen LogP contribution in [0.15, 0.2) is 42.5 Å². The normalized spacial score (nSPS) is 17.5. The molecule has 3 aromatic rings. The van der Waals surface area contributed by atoms with Crippen LogP contribution < -0.4 is 10.1 Å². The molecular formula is C25H28N2O2. The van der Waals surface area contributed by atoms with Crippen molar-refractivity contribution in [2.75, 3.05) is 11.9 Å². The Balaban J connectivity index is 1.40. The van der Waals surface area contributed by atoms with Crippen LogP contribution in [0.25, 0.3) is 10.9 Å². The predicted octanol–water partition coefficient (Wildman–Crippen LogP) is 5.46. The molecule has 1 saturated carbocycles. The SMILES string of the molecule is CC(C)(C)c1cc2cc(NC(=O)C3(c4ccc5c(c4)CCCO5)CC3)ccc2[nH]1. The number of amides is 1. The van der Waals surface area contributed by atoms with E-state index in [1.54, 1.807) is 0 Å². The number of aromatic nitrogens is 1. The maximum absolute atomic E-state index is 13.2. The van der Waals surface area contributed by atoms with Crippen LogP contribution in [0.4, 0.5) is 5.69 Å². The Labute approximate surface area is 171 Å². The van der Waals surface area contributed by atoms with E-state index in [0.717, 1.165) is 60.2 Å². The van der Waals surface area contributed by atoms with Crippen LogP contribution in [0.3, 0.4) is 0 Å². The minimum atomic E-state index is -0.393. The van der Waals surface area contributed by atoms with Crippen molar-refractivity contribution < 1.29 is 9.53 Å². The highest BCUT2D eigenvalue weighted by Gasteiger charge is 2.51. The van der Waals surface area contributed by atoms with Gasteiger partial charge in [0.1, 0.15) is 5.75 Å². The second kappa shape index (κ2) is 6.38. The molecule has 5 rings (SSSR count). The second-order valence-electron chi connectivity index (χ2n) is 9.55. The molecule has 29 heavy (non-hydrogen) atoms. The first kappa shape index (κ1) is 18.3. The first-order chi connectivity index (χ1) is 13.8. The predicted molar refractivity (Wildman–Crippen MR) is 117 cm³/mol. The molecule has 2 N–H and O–H groups in total. The van der Waals surface area contributed by atoms with E-state index in [0.29, 0.717) is 0 Å². The highest BCUT2D eigenvalue weighted by Crippen LogP contribution is 2.50. The minimum Gasteiger partial charge on any atom is -0.493 e. The summed E-state index contributed by atoms with van der Waals surface area (Å²) in [6.07, 6.45) is 3.88. The summed E-state index contributed by atoms with van der Waals surface area (Å²) in [7, 11) is 0. The van der Waals surface area contributed by atoms with Gasteiger partial charge in [0.15, 0.2) is 0 Å². The molecule has 0 radical (unpaired) electrons. The molecule has 4 heteroatoms. The first-order valence-corrected chi connectivity index (χ1v) is 10.6. The third-order valence-electron chi connectivity index (χ3n) is 6.33. The number of nitrogens with one attached hydrogen (secondary N) is 2. The zero-order chi connectivity index (χ0) is 20.2. The highest BCUT2D eigenvalue weighted by molar-refractivity contribution is 6.02. The lowest BCUT2D eigenvalue weighted by atomic mass is 9.91. The van der Waals surface area contributed by atoms with Crippen molar-refractivity contribution in [1.29, 1.82) is 0 Å². The van der Waals surface area contributed by atoms with E-state index in [2.05, 4.69) is 61.4 Å². The third kappa shape index (κ3) is 3.21. The van der Waals surface area contributed by atoms with Gasteiger partial charge in [-0.15, -0.1) is 0 Å². The van der Waals surface area contributed by atoms with E-state index in [-0.39, 0.29) is 11.3 Å². The van der Waals surface area contributed by atoms with Gasteiger partial charge in [-0.1, -0.05) is 32.9 Å². The summed E-state index contributed by atoms with van der Waals surface area (Å²) in [6.45, 7) is 7.37. The molecule has 1 fully saturated rings. The van der Waals surface area contributed by atoms with Gasteiger partial charge < -0.3 is 15.0 Å². The molecule has 1 aromatic heterocycles. The molecule has 2 aliphatic rings. The van der Waals surface area contributed by atoms with Crippen LogP contribution in [0.2, 0.25) is 0 Å². The number of carbonyl (C=O) groups excluding carboxylic acids is 1. The Kier molecular flexibility index (Phi) is 4.02. The van der Waals surface area contributed by atoms with Crippen LogP contribution >= 0.6 is 0 Å². The molecule has 2 heterocycles. The number of rotatable bonds is 3. The number of fused-ring (bicyclic) bond motifs is 2. The van der Waals surface area contributed by atoms with Gasteiger partial charge in [0.2, 0.25) is 5.91 Å². The number of hydrogen-bond donors (Lipinski definition) is 2. The fourth-order valence-electron chi connectivity index (χ4n) is 4.30. The van der Waals surface area contributed by atoms with Gasteiger partial charge in [0.25, 0.3) is 0 Å². The number of hydrogen-bond acceptors (Lipinski definition) is 2. The Morgan fingerprint density at radius 3 is 2.69 bits per heavy atom. The monoisotopic (exact) mass is 388 g/mol. The van der Waals surface area contributed by atoms with Crippen molar-refractivity contribution >= 4 is 22.5 Å². The van der Waals surface area contributed by atoms with Crippen molar-refractivity contribution in [2.45, 2.75) is 57.3 Å². The molecule has 150 valence electrons. The molecule has 0 bridgehead atoms. The highest BCUT2D eigenvalue weighted by atomic mass is 16.5.